The van der Waals surface area contributed by atoms with Crippen molar-refractivity contribution < 1.29 is 19.2 Å². The van der Waals surface area contributed by atoms with E-state index in [1.54, 1.807) is 0 Å². The Morgan fingerprint density at radius 1 is 1.18 bits per heavy atom. The fourth-order valence-electron chi connectivity index (χ4n) is 3.80. The topological polar surface area (TPSA) is 116 Å². The number of rotatable bonds is 2. The lowest BCUT2D eigenvalue weighted by atomic mass is 9.81. The van der Waals surface area contributed by atoms with Crippen LogP contribution in [0.1, 0.15) is 12.8 Å². The number of hydrogen-bond donors (Lipinski definition) is 1. The molecule has 2 amide bonds. The molecule has 3 fully saturated rings. The third kappa shape index (κ3) is 1.55. The van der Waals surface area contributed by atoms with Crippen molar-refractivity contribution in [2.75, 3.05) is 10.6 Å². The number of nitrogens with zero attached hydrogens (tertiary/aromatic N) is 2. The first-order valence-corrected chi connectivity index (χ1v) is 7.06. The van der Waals surface area contributed by atoms with Gasteiger partial charge in [-0.15, -0.1) is 0 Å². The normalized spacial score (nSPS) is 32.6. The molecule has 1 aromatic carbocycles. The summed E-state index contributed by atoms with van der Waals surface area (Å²) in [5, 5.41) is 11.0. The summed E-state index contributed by atoms with van der Waals surface area (Å²) < 4.78 is 5.65. The van der Waals surface area contributed by atoms with E-state index in [0.29, 0.717) is 0 Å². The Morgan fingerprint density at radius 2 is 1.77 bits per heavy atom. The summed E-state index contributed by atoms with van der Waals surface area (Å²) in [6.45, 7) is 0. The van der Waals surface area contributed by atoms with E-state index in [9.17, 15) is 19.7 Å². The molecule has 0 spiro atoms. The monoisotopic (exact) mass is 303 g/mol. The van der Waals surface area contributed by atoms with Crippen LogP contribution in [0.5, 0.6) is 0 Å². The molecule has 3 heterocycles. The van der Waals surface area contributed by atoms with Crippen LogP contribution in [-0.2, 0) is 14.3 Å². The van der Waals surface area contributed by atoms with Gasteiger partial charge in [0.05, 0.1) is 34.7 Å². The molecule has 0 aromatic heterocycles. The maximum atomic E-state index is 12.6. The van der Waals surface area contributed by atoms with Crippen LogP contribution < -0.4 is 10.6 Å². The van der Waals surface area contributed by atoms with E-state index in [4.69, 9.17) is 10.5 Å². The molecule has 0 radical (unpaired) electrons. The summed E-state index contributed by atoms with van der Waals surface area (Å²) >= 11 is 0. The van der Waals surface area contributed by atoms with Crippen molar-refractivity contribution >= 4 is 28.9 Å². The molecule has 8 heteroatoms. The molecule has 1 aromatic rings. The fourth-order valence-corrected chi connectivity index (χ4v) is 3.80. The second-order valence-corrected chi connectivity index (χ2v) is 5.85. The van der Waals surface area contributed by atoms with Crippen LogP contribution >= 0.6 is 0 Å². The summed E-state index contributed by atoms with van der Waals surface area (Å²) in [7, 11) is 0. The predicted molar refractivity (Wildman–Crippen MR) is 74.9 cm³/mol. The van der Waals surface area contributed by atoms with Crippen LogP contribution in [0.3, 0.4) is 0 Å². The minimum Gasteiger partial charge on any atom is -0.393 e. The highest BCUT2D eigenvalue weighted by molar-refractivity contribution is 6.23. The van der Waals surface area contributed by atoms with Crippen molar-refractivity contribution in [3.8, 4) is 0 Å². The molecular weight excluding hydrogens is 290 g/mol. The van der Waals surface area contributed by atoms with Crippen molar-refractivity contribution in [1.82, 2.24) is 0 Å². The van der Waals surface area contributed by atoms with Gasteiger partial charge in [0, 0.05) is 6.07 Å². The highest BCUT2D eigenvalue weighted by Gasteiger charge is 2.62. The number of benzene rings is 1. The second-order valence-electron chi connectivity index (χ2n) is 5.85. The van der Waals surface area contributed by atoms with Gasteiger partial charge in [0.1, 0.15) is 5.69 Å². The minimum atomic E-state index is -0.627. The number of imide groups is 1. The van der Waals surface area contributed by atoms with Gasteiger partial charge in [0.25, 0.3) is 5.69 Å². The summed E-state index contributed by atoms with van der Waals surface area (Å²) in [6.07, 6.45) is 1.14. The number of anilines is 2. The molecular formula is C14H13N3O5. The van der Waals surface area contributed by atoms with Crippen LogP contribution in [-0.4, -0.2) is 28.9 Å². The minimum absolute atomic E-state index is 0.00329. The lowest BCUT2D eigenvalue weighted by Crippen LogP contribution is -2.34. The molecule has 0 saturated carbocycles. The second kappa shape index (κ2) is 4.26. The van der Waals surface area contributed by atoms with Gasteiger partial charge >= 0.3 is 0 Å². The van der Waals surface area contributed by atoms with Gasteiger partial charge in [0.2, 0.25) is 11.8 Å². The fraction of sp³-hybridized carbons (Fsp3) is 0.429. The number of nitro benzene ring substituents is 1. The van der Waals surface area contributed by atoms with Gasteiger partial charge in [-0.25, -0.2) is 4.90 Å². The lowest BCUT2D eigenvalue weighted by molar-refractivity contribution is -0.383. The molecule has 2 N–H and O–H groups in total. The summed E-state index contributed by atoms with van der Waals surface area (Å²) in [6, 6.07) is 3.98. The first-order valence-electron chi connectivity index (χ1n) is 7.06. The van der Waals surface area contributed by atoms with E-state index in [2.05, 4.69) is 0 Å². The predicted octanol–water partition coefficient (Wildman–Crippen LogP) is 0.844. The van der Waals surface area contributed by atoms with Crippen LogP contribution in [0.4, 0.5) is 17.1 Å². The van der Waals surface area contributed by atoms with Crippen LogP contribution in [0, 0.1) is 22.0 Å². The van der Waals surface area contributed by atoms with Crippen molar-refractivity contribution in [2.24, 2.45) is 11.8 Å². The summed E-state index contributed by atoms with van der Waals surface area (Å²) in [5.74, 6) is -1.58. The zero-order valence-electron chi connectivity index (χ0n) is 11.5. The van der Waals surface area contributed by atoms with Gasteiger partial charge in [-0.3, -0.25) is 19.7 Å². The van der Waals surface area contributed by atoms with E-state index >= 15 is 0 Å². The first kappa shape index (κ1) is 13.2. The molecule has 2 bridgehead atoms. The van der Waals surface area contributed by atoms with Crippen molar-refractivity contribution in [2.45, 2.75) is 25.0 Å². The third-order valence-corrected chi connectivity index (χ3v) is 4.75. The highest BCUT2D eigenvalue weighted by Crippen LogP contribution is 2.49. The average molecular weight is 303 g/mol. The van der Waals surface area contributed by atoms with Gasteiger partial charge in [-0.05, 0) is 25.0 Å². The Labute approximate surface area is 125 Å². The van der Waals surface area contributed by atoms with Gasteiger partial charge in [-0.2, -0.15) is 0 Å². The number of nitrogens with two attached hydrogens (primary N) is 1. The van der Waals surface area contributed by atoms with E-state index in [1.165, 1.54) is 18.2 Å². The Kier molecular flexibility index (Phi) is 2.56. The molecule has 4 unspecified atom stereocenters. The number of hydrogen-bond acceptors (Lipinski definition) is 6. The number of fused-ring (bicyclic) bond motifs is 5. The summed E-state index contributed by atoms with van der Waals surface area (Å²) in [4.78, 5) is 36.6. The van der Waals surface area contributed by atoms with E-state index < -0.39 is 16.8 Å². The van der Waals surface area contributed by atoms with E-state index in [-0.39, 0.29) is 41.1 Å². The molecule has 114 valence electrons. The molecule has 8 nitrogen and oxygen atoms in total. The summed E-state index contributed by atoms with van der Waals surface area (Å²) in [5.41, 5.74) is 5.44. The molecule has 3 aliphatic rings. The maximum Gasteiger partial charge on any atom is 0.294 e. The molecule has 22 heavy (non-hydrogen) atoms. The first-order chi connectivity index (χ1) is 10.5. The largest absolute Gasteiger partial charge is 0.393 e. The zero-order valence-corrected chi connectivity index (χ0v) is 11.5. The quantitative estimate of drug-likeness (QED) is 0.374. The Balaban J connectivity index is 1.75. The Hall–Kier alpha value is -2.48. The van der Waals surface area contributed by atoms with Gasteiger partial charge in [0.15, 0.2) is 0 Å². The Morgan fingerprint density at radius 3 is 2.32 bits per heavy atom. The maximum absolute atomic E-state index is 12.6. The van der Waals surface area contributed by atoms with Gasteiger partial charge < -0.3 is 10.5 Å². The molecule has 3 saturated heterocycles. The van der Waals surface area contributed by atoms with E-state index in [0.717, 1.165) is 17.7 Å². The van der Waals surface area contributed by atoms with Crippen molar-refractivity contribution in [1.29, 1.82) is 0 Å². The molecule has 0 aliphatic carbocycles. The molecule has 3 aliphatic heterocycles. The van der Waals surface area contributed by atoms with Crippen molar-refractivity contribution in [3.05, 3.63) is 28.3 Å². The van der Waals surface area contributed by atoms with Crippen LogP contribution in [0.2, 0.25) is 0 Å². The number of nitro groups is 1. The third-order valence-electron chi connectivity index (χ3n) is 4.75. The number of amides is 2. The molecule has 4 atom stereocenters. The SMILES string of the molecule is Nc1ccc(N2C(=O)C3C4CCC(O4)C3C2=O)cc1[N+](=O)[O-]. The number of nitrogen functional groups attached to an aromatic ring is 1. The number of carbonyl (C=O) groups is 2. The number of carbonyl (C=O) groups excluding carboxylic acids is 2. The van der Waals surface area contributed by atoms with Gasteiger partial charge in [-0.1, -0.05) is 0 Å². The number of ether oxygens (including phenoxy) is 1. The van der Waals surface area contributed by atoms with Crippen molar-refractivity contribution in [3.63, 3.8) is 0 Å². The zero-order chi connectivity index (χ0) is 15.6. The highest BCUT2D eigenvalue weighted by atomic mass is 16.6. The van der Waals surface area contributed by atoms with E-state index in [1.807, 2.05) is 0 Å². The molecule has 4 rings (SSSR count). The average Bonchev–Trinajstić information content (AvgIpc) is 3.14. The lowest BCUT2D eigenvalue weighted by Gasteiger charge is -2.17. The Bertz CT molecular complexity index is 690. The van der Waals surface area contributed by atoms with Crippen LogP contribution in [0.25, 0.3) is 0 Å². The smallest absolute Gasteiger partial charge is 0.294 e. The van der Waals surface area contributed by atoms with Crippen LogP contribution in [0.15, 0.2) is 18.2 Å². The standard InChI is InChI=1S/C14H13N3O5/c15-7-2-1-6(5-8(7)17(20)21)16-13(18)11-9-3-4-10(22-9)12(11)14(16)19/h1-2,5,9-12H,3-4,15H2.